The van der Waals surface area contributed by atoms with Crippen LogP contribution >= 0.6 is 0 Å². The summed E-state index contributed by atoms with van der Waals surface area (Å²) in [4.78, 5) is 4.95. The third-order valence-corrected chi connectivity index (χ3v) is 4.17. The van der Waals surface area contributed by atoms with Crippen LogP contribution < -0.4 is 9.47 Å². The fraction of sp³-hybridized carbons (Fsp3) is 0.625. The van der Waals surface area contributed by atoms with E-state index in [9.17, 15) is 0 Å². The number of benzene rings is 1. The Kier molecular flexibility index (Phi) is 5.26. The summed E-state index contributed by atoms with van der Waals surface area (Å²) >= 11 is 0. The zero-order valence-corrected chi connectivity index (χ0v) is 13.1. The van der Waals surface area contributed by atoms with Gasteiger partial charge >= 0.3 is 0 Å². The zero-order chi connectivity index (χ0) is 14.5. The lowest BCUT2D eigenvalue weighted by Crippen LogP contribution is -2.48. The van der Waals surface area contributed by atoms with E-state index in [0.29, 0.717) is 6.04 Å². The van der Waals surface area contributed by atoms with E-state index in [0.717, 1.165) is 44.1 Å². The molecular formula is C16H26N2O2. The van der Waals surface area contributed by atoms with E-state index in [1.54, 1.807) is 14.2 Å². The van der Waals surface area contributed by atoms with E-state index in [2.05, 4.69) is 29.8 Å². The average molecular weight is 278 g/mol. The molecule has 1 atom stereocenters. The predicted octanol–water partition coefficient (Wildman–Crippen LogP) is 1.88. The van der Waals surface area contributed by atoms with Gasteiger partial charge in [-0.05, 0) is 32.0 Å². The Labute approximate surface area is 122 Å². The summed E-state index contributed by atoms with van der Waals surface area (Å²) in [6.07, 6.45) is 1.01. The van der Waals surface area contributed by atoms with Crippen LogP contribution in [0.4, 0.5) is 0 Å². The molecule has 1 aromatic rings. The van der Waals surface area contributed by atoms with Crippen LogP contribution in [0, 0.1) is 0 Å². The number of rotatable bonds is 5. The number of hydrogen-bond donors (Lipinski definition) is 0. The minimum absolute atomic E-state index is 0.533. The van der Waals surface area contributed by atoms with Gasteiger partial charge in [-0.1, -0.05) is 6.07 Å². The molecule has 112 valence electrons. The van der Waals surface area contributed by atoms with Crippen molar-refractivity contribution in [2.24, 2.45) is 0 Å². The Morgan fingerprint density at radius 1 is 1.10 bits per heavy atom. The molecule has 4 heteroatoms. The maximum atomic E-state index is 5.49. The van der Waals surface area contributed by atoms with E-state index in [4.69, 9.17) is 9.47 Å². The number of nitrogens with zero attached hydrogens (tertiary/aromatic N) is 2. The Morgan fingerprint density at radius 3 is 2.40 bits per heavy atom. The van der Waals surface area contributed by atoms with Crippen molar-refractivity contribution in [2.45, 2.75) is 19.4 Å². The molecule has 0 saturated carbocycles. The van der Waals surface area contributed by atoms with Crippen LogP contribution in [0.3, 0.4) is 0 Å². The SMILES string of the molecule is COc1ccc(C[C@H](C)N2CCN(C)CC2)c(OC)c1. The molecule has 0 radical (unpaired) electrons. The summed E-state index contributed by atoms with van der Waals surface area (Å²) < 4.78 is 10.7. The first-order valence-electron chi connectivity index (χ1n) is 7.27. The maximum absolute atomic E-state index is 5.49. The summed E-state index contributed by atoms with van der Waals surface area (Å²) in [5.74, 6) is 1.77. The minimum Gasteiger partial charge on any atom is -0.497 e. The number of hydrogen-bond acceptors (Lipinski definition) is 4. The van der Waals surface area contributed by atoms with Crippen LogP contribution in [-0.4, -0.2) is 63.3 Å². The summed E-state index contributed by atoms with van der Waals surface area (Å²) in [6, 6.07) is 6.62. The van der Waals surface area contributed by atoms with E-state index in [1.807, 2.05) is 12.1 Å². The summed E-state index contributed by atoms with van der Waals surface area (Å²) in [5, 5.41) is 0. The van der Waals surface area contributed by atoms with E-state index >= 15 is 0 Å². The minimum atomic E-state index is 0.533. The van der Waals surface area contributed by atoms with E-state index in [1.165, 1.54) is 5.56 Å². The summed E-state index contributed by atoms with van der Waals surface area (Å²) in [7, 11) is 5.59. The highest BCUT2D eigenvalue weighted by Crippen LogP contribution is 2.26. The smallest absolute Gasteiger partial charge is 0.125 e. The molecule has 0 unspecified atom stereocenters. The van der Waals surface area contributed by atoms with Gasteiger partial charge in [0.25, 0.3) is 0 Å². The molecule has 0 bridgehead atoms. The normalized spacial score (nSPS) is 18.8. The number of piperazine rings is 1. The van der Waals surface area contributed by atoms with Crippen molar-refractivity contribution in [3.8, 4) is 11.5 Å². The highest BCUT2D eigenvalue weighted by Gasteiger charge is 2.20. The zero-order valence-electron chi connectivity index (χ0n) is 13.1. The van der Waals surface area contributed by atoms with E-state index in [-0.39, 0.29) is 0 Å². The number of likely N-dealkylation sites (N-methyl/N-ethyl adjacent to an activating group) is 1. The van der Waals surface area contributed by atoms with Crippen LogP contribution in [-0.2, 0) is 6.42 Å². The first-order chi connectivity index (χ1) is 9.63. The molecule has 1 aromatic carbocycles. The lowest BCUT2D eigenvalue weighted by atomic mass is 10.0. The third kappa shape index (κ3) is 3.64. The fourth-order valence-corrected chi connectivity index (χ4v) is 2.73. The van der Waals surface area contributed by atoms with Crippen molar-refractivity contribution in [3.63, 3.8) is 0 Å². The predicted molar refractivity (Wildman–Crippen MR) is 81.8 cm³/mol. The van der Waals surface area contributed by atoms with Crippen LogP contribution in [0.25, 0.3) is 0 Å². The van der Waals surface area contributed by atoms with Crippen molar-refractivity contribution < 1.29 is 9.47 Å². The molecular weight excluding hydrogens is 252 g/mol. The average Bonchev–Trinajstić information content (AvgIpc) is 2.48. The third-order valence-electron chi connectivity index (χ3n) is 4.17. The van der Waals surface area contributed by atoms with Crippen molar-refractivity contribution in [3.05, 3.63) is 23.8 Å². The summed E-state index contributed by atoms with van der Waals surface area (Å²) in [6.45, 7) is 6.91. The maximum Gasteiger partial charge on any atom is 0.125 e. The molecule has 0 spiro atoms. The van der Waals surface area contributed by atoms with Gasteiger partial charge in [0.05, 0.1) is 14.2 Å². The highest BCUT2D eigenvalue weighted by atomic mass is 16.5. The summed E-state index contributed by atoms with van der Waals surface area (Å²) in [5.41, 5.74) is 1.25. The number of methoxy groups -OCH3 is 2. The molecule has 1 heterocycles. The highest BCUT2D eigenvalue weighted by molar-refractivity contribution is 5.41. The van der Waals surface area contributed by atoms with Crippen molar-refractivity contribution in [2.75, 3.05) is 47.4 Å². The van der Waals surface area contributed by atoms with Crippen LogP contribution in [0.5, 0.6) is 11.5 Å². The second-order valence-electron chi connectivity index (χ2n) is 5.57. The molecule has 1 saturated heterocycles. The van der Waals surface area contributed by atoms with Crippen molar-refractivity contribution >= 4 is 0 Å². The fourth-order valence-electron chi connectivity index (χ4n) is 2.73. The van der Waals surface area contributed by atoms with Crippen LogP contribution in [0.15, 0.2) is 18.2 Å². The second-order valence-corrected chi connectivity index (χ2v) is 5.57. The first-order valence-corrected chi connectivity index (χ1v) is 7.27. The molecule has 2 rings (SSSR count). The molecule has 20 heavy (non-hydrogen) atoms. The standard InChI is InChI=1S/C16H26N2O2/c1-13(18-9-7-17(2)8-10-18)11-14-5-6-15(19-3)12-16(14)20-4/h5-6,12-13H,7-11H2,1-4H3/t13-/m0/s1. The molecule has 1 aliphatic rings. The number of ether oxygens (including phenoxy) is 2. The molecule has 1 fully saturated rings. The second kappa shape index (κ2) is 6.95. The molecule has 4 nitrogen and oxygen atoms in total. The lowest BCUT2D eigenvalue weighted by molar-refractivity contribution is 0.118. The molecule has 0 N–H and O–H groups in total. The van der Waals surface area contributed by atoms with Gasteiger partial charge in [-0.25, -0.2) is 0 Å². The quantitative estimate of drug-likeness (QED) is 0.821. The van der Waals surface area contributed by atoms with Gasteiger partial charge in [-0.15, -0.1) is 0 Å². The molecule has 0 aromatic heterocycles. The molecule has 1 aliphatic heterocycles. The van der Waals surface area contributed by atoms with Crippen LogP contribution in [0.1, 0.15) is 12.5 Å². The van der Waals surface area contributed by atoms with Gasteiger partial charge in [0.15, 0.2) is 0 Å². The van der Waals surface area contributed by atoms with Gasteiger partial charge in [0, 0.05) is 38.3 Å². The van der Waals surface area contributed by atoms with Gasteiger partial charge < -0.3 is 14.4 Å². The van der Waals surface area contributed by atoms with Crippen LogP contribution in [0.2, 0.25) is 0 Å². The van der Waals surface area contributed by atoms with Gasteiger partial charge in [0.1, 0.15) is 11.5 Å². The Morgan fingerprint density at radius 2 is 1.80 bits per heavy atom. The Bertz CT molecular complexity index is 428. The van der Waals surface area contributed by atoms with Gasteiger partial charge in [0.2, 0.25) is 0 Å². The van der Waals surface area contributed by atoms with Gasteiger partial charge in [-0.3, -0.25) is 4.90 Å². The Hall–Kier alpha value is -1.26. The van der Waals surface area contributed by atoms with Crippen molar-refractivity contribution in [1.82, 2.24) is 9.80 Å². The topological polar surface area (TPSA) is 24.9 Å². The van der Waals surface area contributed by atoms with Gasteiger partial charge in [-0.2, -0.15) is 0 Å². The lowest BCUT2D eigenvalue weighted by Gasteiger charge is -2.36. The van der Waals surface area contributed by atoms with Crippen molar-refractivity contribution in [1.29, 1.82) is 0 Å². The largest absolute Gasteiger partial charge is 0.497 e. The molecule has 0 amide bonds. The first kappa shape index (κ1) is 15.1. The monoisotopic (exact) mass is 278 g/mol. The molecule has 0 aliphatic carbocycles. The van der Waals surface area contributed by atoms with E-state index < -0.39 is 0 Å². The Balaban J connectivity index is 2.01.